The number of carbonyl (C=O) groups is 2. The molecule has 0 aliphatic carbocycles. The first kappa shape index (κ1) is 15.4. The van der Waals surface area contributed by atoms with Gasteiger partial charge in [0.1, 0.15) is 5.69 Å². The summed E-state index contributed by atoms with van der Waals surface area (Å²) < 4.78 is 0. The van der Waals surface area contributed by atoms with Crippen LogP contribution in [0.2, 0.25) is 0 Å². The molecule has 1 aliphatic heterocycles. The van der Waals surface area contributed by atoms with Crippen molar-refractivity contribution in [3.05, 3.63) is 29.6 Å². The molecule has 1 aromatic rings. The van der Waals surface area contributed by atoms with E-state index in [2.05, 4.69) is 23.7 Å². The largest absolute Gasteiger partial charge is 0.478 e. The molecule has 1 atom stereocenters. The lowest BCUT2D eigenvalue weighted by Crippen LogP contribution is -2.51. The number of aromatic nitrogens is 1. The molecule has 1 fully saturated rings. The van der Waals surface area contributed by atoms with Crippen LogP contribution in [0.15, 0.2) is 18.3 Å². The van der Waals surface area contributed by atoms with Crippen LogP contribution in [0.25, 0.3) is 0 Å². The molecule has 1 N–H and O–H groups in total. The molecule has 114 valence electrons. The van der Waals surface area contributed by atoms with E-state index in [0.29, 0.717) is 24.8 Å². The Balaban J connectivity index is 1.97. The molecule has 6 heteroatoms. The fraction of sp³-hybridized carbons (Fsp3) is 0.533. The zero-order valence-electron chi connectivity index (χ0n) is 12.5. The third-order valence-electron chi connectivity index (χ3n) is 4.05. The predicted molar refractivity (Wildman–Crippen MR) is 78.4 cm³/mol. The van der Waals surface area contributed by atoms with Gasteiger partial charge in [0.05, 0.1) is 5.56 Å². The van der Waals surface area contributed by atoms with E-state index >= 15 is 0 Å². The number of amides is 1. The summed E-state index contributed by atoms with van der Waals surface area (Å²) in [5.41, 5.74) is 0.394. The Hall–Kier alpha value is -1.95. The van der Waals surface area contributed by atoms with Crippen LogP contribution in [0.4, 0.5) is 0 Å². The highest BCUT2D eigenvalue weighted by Gasteiger charge is 2.24. The van der Waals surface area contributed by atoms with E-state index in [4.69, 9.17) is 5.11 Å². The third-order valence-corrected chi connectivity index (χ3v) is 4.05. The minimum Gasteiger partial charge on any atom is -0.478 e. The van der Waals surface area contributed by atoms with Crippen LogP contribution in [0.3, 0.4) is 0 Å². The van der Waals surface area contributed by atoms with E-state index in [0.717, 1.165) is 19.5 Å². The van der Waals surface area contributed by atoms with Crippen molar-refractivity contribution < 1.29 is 14.7 Å². The van der Waals surface area contributed by atoms with Gasteiger partial charge in [-0.1, -0.05) is 6.92 Å². The Bertz CT molecular complexity index is 507. The molecule has 1 amide bonds. The molecule has 21 heavy (non-hydrogen) atoms. The fourth-order valence-corrected chi connectivity index (χ4v) is 2.43. The number of aromatic carboxylic acids is 1. The molecule has 0 bridgehead atoms. The molecule has 0 saturated carbocycles. The number of nitrogens with zero attached hydrogens (tertiary/aromatic N) is 3. The van der Waals surface area contributed by atoms with Gasteiger partial charge in [-0.25, -0.2) is 4.79 Å². The fourth-order valence-electron chi connectivity index (χ4n) is 2.43. The van der Waals surface area contributed by atoms with Crippen molar-refractivity contribution in [3.8, 4) is 0 Å². The molecule has 1 unspecified atom stereocenters. The number of piperazine rings is 1. The summed E-state index contributed by atoms with van der Waals surface area (Å²) in [4.78, 5) is 31.2. The lowest BCUT2D eigenvalue weighted by atomic mass is 10.2. The molecule has 1 aromatic heterocycles. The number of carboxylic acid groups (broad SMARTS) is 1. The van der Waals surface area contributed by atoms with Crippen molar-refractivity contribution in [2.24, 2.45) is 0 Å². The first-order valence-electron chi connectivity index (χ1n) is 7.25. The molecular formula is C15H21N3O3. The monoisotopic (exact) mass is 291 g/mol. The number of carboxylic acids is 1. The molecule has 0 aromatic carbocycles. The van der Waals surface area contributed by atoms with Crippen molar-refractivity contribution in [1.82, 2.24) is 14.8 Å². The Kier molecular flexibility index (Phi) is 4.90. The van der Waals surface area contributed by atoms with E-state index in [-0.39, 0.29) is 11.5 Å². The van der Waals surface area contributed by atoms with Gasteiger partial charge in [-0.3, -0.25) is 14.7 Å². The van der Waals surface area contributed by atoms with Gasteiger partial charge in [0.15, 0.2) is 0 Å². The summed E-state index contributed by atoms with van der Waals surface area (Å²) in [6.45, 7) is 7.47. The van der Waals surface area contributed by atoms with Crippen molar-refractivity contribution >= 4 is 11.9 Å². The molecular weight excluding hydrogens is 270 g/mol. The molecule has 0 radical (unpaired) electrons. The Morgan fingerprint density at radius 1 is 1.29 bits per heavy atom. The molecule has 1 saturated heterocycles. The van der Waals surface area contributed by atoms with Gasteiger partial charge in [-0.2, -0.15) is 0 Å². The number of hydrogen-bond donors (Lipinski definition) is 1. The van der Waals surface area contributed by atoms with E-state index in [1.54, 1.807) is 4.90 Å². The molecule has 0 spiro atoms. The van der Waals surface area contributed by atoms with E-state index in [1.807, 2.05) is 0 Å². The summed E-state index contributed by atoms with van der Waals surface area (Å²) in [7, 11) is 0. The van der Waals surface area contributed by atoms with Crippen LogP contribution >= 0.6 is 0 Å². The molecule has 6 nitrogen and oxygen atoms in total. The van der Waals surface area contributed by atoms with E-state index in [1.165, 1.54) is 18.3 Å². The van der Waals surface area contributed by atoms with Crippen molar-refractivity contribution in [1.29, 1.82) is 0 Å². The second-order valence-electron chi connectivity index (χ2n) is 5.32. The van der Waals surface area contributed by atoms with E-state index in [9.17, 15) is 9.59 Å². The number of rotatable bonds is 4. The number of carbonyl (C=O) groups excluding carboxylic acids is 1. The minimum absolute atomic E-state index is 0.0909. The van der Waals surface area contributed by atoms with E-state index < -0.39 is 5.97 Å². The standard InChI is InChI=1S/C15H21N3O3/c1-3-11(2)17-6-8-18(9-7-17)14(19)13-5-4-12(10-16-13)15(20)21/h4-5,10-11H,3,6-9H2,1-2H3,(H,20,21). The van der Waals surface area contributed by atoms with Crippen molar-refractivity contribution in [2.75, 3.05) is 26.2 Å². The lowest BCUT2D eigenvalue weighted by molar-refractivity contribution is 0.0573. The summed E-state index contributed by atoms with van der Waals surface area (Å²) in [5.74, 6) is -1.17. The van der Waals surface area contributed by atoms with Crippen LogP contribution in [0.1, 0.15) is 41.1 Å². The first-order valence-corrected chi connectivity index (χ1v) is 7.25. The maximum Gasteiger partial charge on any atom is 0.337 e. The highest BCUT2D eigenvalue weighted by atomic mass is 16.4. The van der Waals surface area contributed by atoms with Crippen LogP contribution in [-0.2, 0) is 0 Å². The number of pyridine rings is 1. The summed E-state index contributed by atoms with van der Waals surface area (Å²) in [6.07, 6.45) is 2.33. The Morgan fingerprint density at radius 3 is 2.43 bits per heavy atom. The van der Waals surface area contributed by atoms with Gasteiger partial charge in [0.25, 0.3) is 5.91 Å². The highest BCUT2D eigenvalue weighted by Crippen LogP contribution is 2.11. The molecule has 2 heterocycles. The first-order chi connectivity index (χ1) is 10.0. The number of hydrogen-bond acceptors (Lipinski definition) is 4. The zero-order valence-corrected chi connectivity index (χ0v) is 12.5. The van der Waals surface area contributed by atoms with Gasteiger partial charge in [0.2, 0.25) is 0 Å². The van der Waals surface area contributed by atoms with Gasteiger partial charge >= 0.3 is 5.97 Å². The highest BCUT2D eigenvalue weighted by molar-refractivity contribution is 5.93. The average Bonchev–Trinajstić information content (AvgIpc) is 2.53. The topological polar surface area (TPSA) is 73.7 Å². The summed E-state index contributed by atoms with van der Waals surface area (Å²) >= 11 is 0. The third kappa shape index (κ3) is 3.58. The normalized spacial score (nSPS) is 17.5. The Labute approximate surface area is 124 Å². The Morgan fingerprint density at radius 2 is 1.95 bits per heavy atom. The van der Waals surface area contributed by atoms with Crippen LogP contribution in [0.5, 0.6) is 0 Å². The van der Waals surface area contributed by atoms with Gasteiger partial charge in [-0.15, -0.1) is 0 Å². The van der Waals surface area contributed by atoms with Gasteiger partial charge in [-0.05, 0) is 25.5 Å². The molecule has 2 rings (SSSR count). The summed E-state index contributed by atoms with van der Waals surface area (Å²) in [5, 5.41) is 8.83. The predicted octanol–water partition coefficient (Wildman–Crippen LogP) is 1.34. The smallest absolute Gasteiger partial charge is 0.337 e. The lowest BCUT2D eigenvalue weighted by Gasteiger charge is -2.37. The minimum atomic E-state index is -1.04. The SMILES string of the molecule is CCC(C)N1CCN(C(=O)c2ccc(C(=O)O)cn2)CC1. The molecule has 1 aliphatic rings. The van der Waals surface area contributed by atoms with Gasteiger partial charge in [0, 0.05) is 38.4 Å². The van der Waals surface area contributed by atoms with Crippen molar-refractivity contribution in [3.63, 3.8) is 0 Å². The quantitative estimate of drug-likeness (QED) is 0.906. The summed E-state index contributed by atoms with van der Waals surface area (Å²) in [6, 6.07) is 3.43. The average molecular weight is 291 g/mol. The van der Waals surface area contributed by atoms with Gasteiger partial charge < -0.3 is 10.0 Å². The van der Waals surface area contributed by atoms with Crippen LogP contribution in [0, 0.1) is 0 Å². The van der Waals surface area contributed by atoms with Crippen LogP contribution in [-0.4, -0.2) is 64.0 Å². The second kappa shape index (κ2) is 6.67. The second-order valence-corrected chi connectivity index (χ2v) is 5.32. The maximum absolute atomic E-state index is 12.3. The van der Waals surface area contributed by atoms with Crippen LogP contribution < -0.4 is 0 Å². The maximum atomic E-state index is 12.3. The zero-order chi connectivity index (χ0) is 15.4. The van der Waals surface area contributed by atoms with Crippen molar-refractivity contribution in [2.45, 2.75) is 26.3 Å².